The van der Waals surface area contributed by atoms with Gasteiger partial charge in [0.1, 0.15) is 0 Å². The summed E-state index contributed by atoms with van der Waals surface area (Å²) in [4.78, 5) is 0. The maximum absolute atomic E-state index is 9.84. The molecule has 2 saturated heterocycles. The molecule has 3 N–H and O–H groups in total. The molecule has 2 heterocycles. The molecular weight excluding hydrogens is 414 g/mol. The van der Waals surface area contributed by atoms with Crippen LogP contribution in [0.2, 0.25) is 0 Å². The minimum atomic E-state index is -0.669. The molecule has 3 rings (SSSR count). The second-order valence-electron chi connectivity index (χ2n) is 8.26. The number of nitrogens with zero attached hydrogens (tertiary/aromatic N) is 1. The first-order valence-corrected chi connectivity index (χ1v) is 11.4. The quantitative estimate of drug-likeness (QED) is 0.552. The van der Waals surface area contributed by atoms with E-state index in [2.05, 4.69) is 6.07 Å². The molecule has 0 saturated carbocycles. The summed E-state index contributed by atoms with van der Waals surface area (Å²) in [5, 5.41) is 36.8. The van der Waals surface area contributed by atoms with Crippen LogP contribution in [0.25, 0.3) is 0 Å². The highest BCUT2D eigenvalue weighted by Crippen LogP contribution is 2.27. The van der Waals surface area contributed by atoms with Crippen molar-refractivity contribution in [1.82, 2.24) is 0 Å². The van der Waals surface area contributed by atoms with Gasteiger partial charge in [-0.3, -0.25) is 0 Å². The summed E-state index contributed by atoms with van der Waals surface area (Å²) >= 11 is 0. The first-order valence-electron chi connectivity index (χ1n) is 11.4. The van der Waals surface area contributed by atoms with E-state index in [-0.39, 0.29) is 18.8 Å². The van der Waals surface area contributed by atoms with Gasteiger partial charge in [0.25, 0.3) is 0 Å². The third-order valence-corrected chi connectivity index (χ3v) is 5.42. The molecule has 0 amide bonds. The van der Waals surface area contributed by atoms with Crippen molar-refractivity contribution >= 4 is 0 Å². The summed E-state index contributed by atoms with van der Waals surface area (Å²) in [5.74, 6) is 0. The van der Waals surface area contributed by atoms with Crippen LogP contribution in [0.3, 0.4) is 0 Å². The Bertz CT molecular complexity index is 666. The lowest BCUT2D eigenvalue weighted by Crippen LogP contribution is -2.41. The molecule has 2 fully saturated rings. The van der Waals surface area contributed by atoms with Gasteiger partial charge in [-0.1, -0.05) is 37.3 Å². The second-order valence-corrected chi connectivity index (χ2v) is 8.26. The molecular formula is C24H37NO7. The number of aliphatic hydroxyl groups excluding tert-OH is 3. The second kappa shape index (κ2) is 14.6. The number of rotatable bonds is 8. The van der Waals surface area contributed by atoms with Crippen LogP contribution in [0.1, 0.15) is 64.0 Å². The molecule has 7 unspecified atom stereocenters. The molecule has 7 atom stereocenters. The van der Waals surface area contributed by atoms with E-state index < -0.39 is 30.9 Å². The summed E-state index contributed by atoms with van der Waals surface area (Å²) < 4.78 is 23.2. The van der Waals surface area contributed by atoms with Crippen molar-refractivity contribution < 1.29 is 34.3 Å². The Morgan fingerprint density at radius 3 is 2.44 bits per heavy atom. The number of hydrogen-bond acceptors (Lipinski definition) is 8. The minimum Gasteiger partial charge on any atom is -0.394 e. The van der Waals surface area contributed by atoms with E-state index in [1.54, 1.807) is 6.92 Å². The molecule has 0 aliphatic carbocycles. The Balaban J connectivity index is 0.000000654. The fraction of sp³-hybridized carbons (Fsp3) is 0.708. The lowest BCUT2D eigenvalue weighted by Gasteiger charge is -2.35. The summed E-state index contributed by atoms with van der Waals surface area (Å²) in [5.41, 5.74) is 0.807. The first kappa shape index (κ1) is 26.7. The van der Waals surface area contributed by atoms with E-state index in [9.17, 15) is 15.5 Å². The minimum absolute atomic E-state index is 0.116. The normalized spacial score (nSPS) is 29.8. The number of hydrogen-bond donors (Lipinski definition) is 3. The SMILES string of the molecule is CCC(C)O.N#CC(OC1CCCC(COC2CC(O)CC(CO)O2)O1)c1ccccc1. The molecule has 2 aliphatic heterocycles. The summed E-state index contributed by atoms with van der Waals surface area (Å²) in [6.07, 6.45) is 1.26. The highest BCUT2D eigenvalue weighted by Gasteiger charge is 2.31. The fourth-order valence-electron chi connectivity index (χ4n) is 3.44. The first-order chi connectivity index (χ1) is 15.4. The van der Waals surface area contributed by atoms with E-state index in [1.165, 1.54) is 0 Å². The molecule has 32 heavy (non-hydrogen) atoms. The maximum Gasteiger partial charge on any atom is 0.172 e. The lowest BCUT2D eigenvalue weighted by atomic mass is 10.1. The largest absolute Gasteiger partial charge is 0.394 e. The van der Waals surface area contributed by atoms with Gasteiger partial charge in [0.05, 0.1) is 43.7 Å². The van der Waals surface area contributed by atoms with Gasteiger partial charge in [-0.15, -0.1) is 0 Å². The molecule has 1 aromatic rings. The number of aliphatic hydroxyl groups is 3. The maximum atomic E-state index is 9.84. The van der Waals surface area contributed by atoms with Crippen LogP contribution in [0.15, 0.2) is 30.3 Å². The third-order valence-electron chi connectivity index (χ3n) is 5.42. The van der Waals surface area contributed by atoms with E-state index in [0.717, 1.165) is 31.2 Å². The molecule has 0 aromatic heterocycles. The molecule has 2 aliphatic rings. The summed E-state index contributed by atoms with van der Waals surface area (Å²) in [6.45, 7) is 3.91. The molecule has 0 spiro atoms. The zero-order chi connectivity index (χ0) is 23.3. The zero-order valence-electron chi connectivity index (χ0n) is 19.0. The van der Waals surface area contributed by atoms with Gasteiger partial charge in [-0.25, -0.2) is 0 Å². The van der Waals surface area contributed by atoms with Crippen LogP contribution in [0.5, 0.6) is 0 Å². The molecule has 180 valence electrons. The van der Waals surface area contributed by atoms with Crippen molar-refractivity contribution in [2.75, 3.05) is 13.2 Å². The molecule has 0 radical (unpaired) electrons. The number of nitriles is 1. The fourth-order valence-corrected chi connectivity index (χ4v) is 3.44. The van der Waals surface area contributed by atoms with Gasteiger partial charge in [0.2, 0.25) is 0 Å². The van der Waals surface area contributed by atoms with Crippen molar-refractivity contribution in [3.05, 3.63) is 35.9 Å². The van der Waals surface area contributed by atoms with E-state index >= 15 is 0 Å². The van der Waals surface area contributed by atoms with Gasteiger partial charge in [-0.05, 0) is 38.2 Å². The predicted molar refractivity (Wildman–Crippen MR) is 117 cm³/mol. The predicted octanol–water partition coefficient (Wildman–Crippen LogP) is 2.82. The third kappa shape index (κ3) is 9.51. The van der Waals surface area contributed by atoms with Crippen molar-refractivity contribution in [2.45, 2.75) is 95.5 Å². The van der Waals surface area contributed by atoms with Gasteiger partial charge >= 0.3 is 0 Å². The van der Waals surface area contributed by atoms with Gasteiger partial charge in [0, 0.05) is 12.8 Å². The van der Waals surface area contributed by atoms with Crippen molar-refractivity contribution in [1.29, 1.82) is 5.26 Å². The van der Waals surface area contributed by atoms with E-state index in [0.29, 0.717) is 19.4 Å². The topological polar surface area (TPSA) is 121 Å². The highest BCUT2D eigenvalue weighted by atomic mass is 16.7. The zero-order valence-corrected chi connectivity index (χ0v) is 19.0. The van der Waals surface area contributed by atoms with Gasteiger partial charge < -0.3 is 34.3 Å². The van der Waals surface area contributed by atoms with E-state index in [4.69, 9.17) is 24.1 Å². The number of ether oxygens (including phenoxy) is 4. The van der Waals surface area contributed by atoms with Crippen molar-refractivity contribution in [3.8, 4) is 6.07 Å². The average Bonchev–Trinajstić information content (AvgIpc) is 2.82. The monoisotopic (exact) mass is 451 g/mol. The standard InChI is InChI=1S/C20H27NO6.C4H10O/c21-11-18(14-5-2-1-3-6-14)27-19-8-4-7-16(25-19)13-24-20-10-15(23)9-17(12-22)26-20;1-3-4(2)5/h1-3,5-6,15-20,22-23H,4,7-10,12-13H2;4-5H,3H2,1-2H3. The Labute approximate surface area is 190 Å². The van der Waals surface area contributed by atoms with Crippen LogP contribution in [-0.2, 0) is 18.9 Å². The van der Waals surface area contributed by atoms with Crippen molar-refractivity contribution in [2.24, 2.45) is 0 Å². The lowest BCUT2D eigenvalue weighted by molar-refractivity contribution is -0.255. The molecule has 0 bridgehead atoms. The molecule has 8 nitrogen and oxygen atoms in total. The van der Waals surface area contributed by atoms with Crippen LogP contribution in [0.4, 0.5) is 0 Å². The van der Waals surface area contributed by atoms with E-state index in [1.807, 2.05) is 37.3 Å². The Kier molecular flexibility index (Phi) is 12.1. The Morgan fingerprint density at radius 2 is 1.81 bits per heavy atom. The molecule has 8 heteroatoms. The van der Waals surface area contributed by atoms with Crippen LogP contribution < -0.4 is 0 Å². The van der Waals surface area contributed by atoms with Crippen LogP contribution >= 0.6 is 0 Å². The van der Waals surface area contributed by atoms with Crippen LogP contribution in [0, 0.1) is 11.3 Å². The number of benzene rings is 1. The Morgan fingerprint density at radius 1 is 1.12 bits per heavy atom. The van der Waals surface area contributed by atoms with Crippen molar-refractivity contribution in [3.63, 3.8) is 0 Å². The van der Waals surface area contributed by atoms with Gasteiger partial charge in [0.15, 0.2) is 18.7 Å². The summed E-state index contributed by atoms with van der Waals surface area (Å²) in [7, 11) is 0. The summed E-state index contributed by atoms with van der Waals surface area (Å²) in [6, 6.07) is 11.5. The smallest absolute Gasteiger partial charge is 0.172 e. The van der Waals surface area contributed by atoms with Crippen LogP contribution in [-0.4, -0.2) is 65.5 Å². The Hall–Kier alpha value is -1.57. The highest BCUT2D eigenvalue weighted by molar-refractivity contribution is 5.22. The average molecular weight is 452 g/mol. The molecule has 1 aromatic carbocycles. The van der Waals surface area contributed by atoms with Gasteiger partial charge in [-0.2, -0.15) is 5.26 Å².